The van der Waals surface area contributed by atoms with Crippen molar-refractivity contribution in [3.8, 4) is 0 Å². The molecule has 0 amide bonds. The predicted octanol–water partition coefficient (Wildman–Crippen LogP) is 3.09. The van der Waals surface area contributed by atoms with Gasteiger partial charge in [-0.05, 0) is 62.7 Å². The minimum atomic E-state index is -0.415. The van der Waals surface area contributed by atoms with Gasteiger partial charge in [-0.1, -0.05) is 13.3 Å². The Kier molecular flexibility index (Phi) is 4.23. The molecule has 4 nitrogen and oxygen atoms in total. The van der Waals surface area contributed by atoms with Gasteiger partial charge in [0.1, 0.15) is 0 Å². The van der Waals surface area contributed by atoms with Crippen molar-refractivity contribution >= 4 is 11.9 Å². The highest BCUT2D eigenvalue weighted by Gasteiger charge is 2.55. The maximum Gasteiger partial charge on any atom is 0.344 e. The summed E-state index contributed by atoms with van der Waals surface area (Å²) in [5.41, 5.74) is -0.279. The highest BCUT2D eigenvalue weighted by atomic mass is 16.6. The fourth-order valence-electron chi connectivity index (χ4n) is 5.01. The van der Waals surface area contributed by atoms with E-state index in [4.69, 9.17) is 9.47 Å². The van der Waals surface area contributed by atoms with Crippen LogP contribution >= 0.6 is 0 Å². The van der Waals surface area contributed by atoms with Crippen molar-refractivity contribution < 1.29 is 19.1 Å². The van der Waals surface area contributed by atoms with E-state index < -0.39 is 5.97 Å². The topological polar surface area (TPSA) is 52.6 Å². The first-order valence-electron chi connectivity index (χ1n) is 8.44. The van der Waals surface area contributed by atoms with Crippen LogP contribution in [0.5, 0.6) is 0 Å². The summed E-state index contributed by atoms with van der Waals surface area (Å²) in [6.07, 6.45) is 8.66. The molecule has 0 aliphatic heterocycles. The van der Waals surface area contributed by atoms with Crippen molar-refractivity contribution in [2.75, 3.05) is 13.2 Å². The van der Waals surface area contributed by atoms with E-state index in [1.54, 1.807) is 0 Å². The standard InChI is InChI=1S/C17H26O4/c1-2-3-4-20-15(18)11-21-16(19)17-8-12-5-13(9-17)7-14(6-12)10-17/h12-14H,2-11H2,1H3. The SMILES string of the molecule is CCCCOC(=O)COC(=O)C12CC3CC(CC(C3)C1)C2. The second kappa shape index (κ2) is 5.98. The largest absolute Gasteiger partial charge is 0.463 e. The second-order valence-corrected chi connectivity index (χ2v) is 7.35. The van der Waals surface area contributed by atoms with E-state index in [1.807, 2.05) is 6.92 Å². The van der Waals surface area contributed by atoms with Gasteiger partial charge in [0.15, 0.2) is 6.61 Å². The van der Waals surface area contributed by atoms with Crippen LogP contribution in [0.3, 0.4) is 0 Å². The fourth-order valence-corrected chi connectivity index (χ4v) is 5.01. The summed E-state index contributed by atoms with van der Waals surface area (Å²) in [4.78, 5) is 24.1. The van der Waals surface area contributed by atoms with Gasteiger partial charge < -0.3 is 9.47 Å². The first-order valence-corrected chi connectivity index (χ1v) is 8.44. The Balaban J connectivity index is 1.50. The van der Waals surface area contributed by atoms with Crippen molar-refractivity contribution in [3.63, 3.8) is 0 Å². The van der Waals surface area contributed by atoms with E-state index in [1.165, 1.54) is 19.3 Å². The molecule has 0 heterocycles. The Morgan fingerprint density at radius 2 is 1.57 bits per heavy atom. The Morgan fingerprint density at radius 3 is 2.10 bits per heavy atom. The van der Waals surface area contributed by atoms with E-state index in [0.29, 0.717) is 24.4 Å². The quantitative estimate of drug-likeness (QED) is 0.558. The van der Waals surface area contributed by atoms with Gasteiger partial charge in [-0.15, -0.1) is 0 Å². The van der Waals surface area contributed by atoms with Gasteiger partial charge in [-0.2, -0.15) is 0 Å². The fraction of sp³-hybridized carbons (Fsp3) is 0.882. The Morgan fingerprint density at radius 1 is 1.00 bits per heavy atom. The smallest absolute Gasteiger partial charge is 0.344 e. The molecule has 0 aromatic carbocycles. The molecule has 0 aromatic rings. The predicted molar refractivity (Wildman–Crippen MR) is 77.4 cm³/mol. The molecule has 0 atom stereocenters. The zero-order valence-electron chi connectivity index (χ0n) is 12.9. The number of esters is 2. The lowest BCUT2D eigenvalue weighted by Gasteiger charge is -2.55. The lowest BCUT2D eigenvalue weighted by atomic mass is 9.49. The normalized spacial score (nSPS) is 36.5. The molecule has 4 aliphatic rings. The van der Waals surface area contributed by atoms with Crippen LogP contribution in [0.4, 0.5) is 0 Å². The van der Waals surface area contributed by atoms with E-state index in [-0.39, 0.29) is 18.0 Å². The number of hydrogen-bond donors (Lipinski definition) is 0. The molecule has 0 radical (unpaired) electrons. The van der Waals surface area contributed by atoms with Crippen LogP contribution in [0.1, 0.15) is 58.3 Å². The van der Waals surface area contributed by atoms with Gasteiger partial charge >= 0.3 is 11.9 Å². The first kappa shape index (κ1) is 14.9. The van der Waals surface area contributed by atoms with Crippen molar-refractivity contribution in [2.24, 2.45) is 23.2 Å². The van der Waals surface area contributed by atoms with E-state index in [2.05, 4.69) is 0 Å². The summed E-state index contributed by atoms with van der Waals surface area (Å²) < 4.78 is 10.3. The minimum Gasteiger partial charge on any atom is -0.463 e. The molecule has 0 spiro atoms. The van der Waals surface area contributed by atoms with Gasteiger partial charge in [-0.25, -0.2) is 4.79 Å². The minimum absolute atomic E-state index is 0.144. The molecule has 4 saturated carbocycles. The molecule has 4 fully saturated rings. The molecular formula is C17H26O4. The van der Waals surface area contributed by atoms with Crippen molar-refractivity contribution in [2.45, 2.75) is 58.3 Å². The summed E-state index contributed by atoms with van der Waals surface area (Å²) >= 11 is 0. The van der Waals surface area contributed by atoms with Gasteiger partial charge in [0.05, 0.1) is 12.0 Å². The molecule has 0 aromatic heterocycles. The van der Waals surface area contributed by atoms with E-state index >= 15 is 0 Å². The average molecular weight is 294 g/mol. The first-order chi connectivity index (χ1) is 10.1. The third-order valence-corrected chi connectivity index (χ3v) is 5.55. The third kappa shape index (κ3) is 3.09. The molecule has 0 saturated heterocycles. The van der Waals surface area contributed by atoms with Gasteiger partial charge in [0.2, 0.25) is 0 Å². The summed E-state index contributed by atoms with van der Waals surface area (Å²) in [7, 11) is 0. The lowest BCUT2D eigenvalue weighted by Crippen LogP contribution is -2.50. The number of ether oxygens (including phenoxy) is 2. The highest BCUT2D eigenvalue weighted by molar-refractivity contribution is 5.81. The van der Waals surface area contributed by atoms with Crippen molar-refractivity contribution in [3.05, 3.63) is 0 Å². The van der Waals surface area contributed by atoms with Crippen LogP contribution in [0, 0.1) is 23.2 Å². The number of hydrogen-bond acceptors (Lipinski definition) is 4. The molecule has 0 unspecified atom stereocenters. The summed E-state index contributed by atoms with van der Waals surface area (Å²) in [6.45, 7) is 2.25. The summed E-state index contributed by atoms with van der Waals surface area (Å²) in [5.74, 6) is 1.57. The molecule has 21 heavy (non-hydrogen) atoms. The number of unbranched alkanes of at least 4 members (excludes halogenated alkanes) is 1. The second-order valence-electron chi connectivity index (χ2n) is 7.35. The molecule has 118 valence electrons. The molecule has 4 bridgehead atoms. The zero-order chi connectivity index (χ0) is 14.9. The molecule has 4 aliphatic carbocycles. The molecule has 4 heteroatoms. The Labute approximate surface area is 126 Å². The Bertz CT molecular complexity index is 380. The van der Waals surface area contributed by atoms with Gasteiger partial charge in [0, 0.05) is 0 Å². The zero-order valence-corrected chi connectivity index (χ0v) is 12.9. The van der Waals surface area contributed by atoms with Crippen LogP contribution in [0.15, 0.2) is 0 Å². The highest BCUT2D eigenvalue weighted by Crippen LogP contribution is 2.60. The maximum atomic E-state index is 12.5. The molecule has 4 rings (SSSR count). The average Bonchev–Trinajstić information content (AvgIpc) is 2.43. The van der Waals surface area contributed by atoms with E-state index in [9.17, 15) is 9.59 Å². The molecular weight excluding hydrogens is 268 g/mol. The third-order valence-electron chi connectivity index (χ3n) is 5.55. The van der Waals surface area contributed by atoms with Crippen LogP contribution in [0.2, 0.25) is 0 Å². The lowest BCUT2D eigenvalue weighted by molar-refractivity contribution is -0.177. The van der Waals surface area contributed by atoms with Crippen molar-refractivity contribution in [1.29, 1.82) is 0 Å². The maximum absolute atomic E-state index is 12.5. The Hall–Kier alpha value is -1.06. The van der Waals surface area contributed by atoms with Gasteiger partial charge in [-0.3, -0.25) is 4.79 Å². The number of rotatable bonds is 6. The van der Waals surface area contributed by atoms with E-state index in [0.717, 1.165) is 32.1 Å². The number of carbonyl (C=O) groups is 2. The molecule has 0 N–H and O–H groups in total. The van der Waals surface area contributed by atoms with Gasteiger partial charge in [0.25, 0.3) is 0 Å². The van der Waals surface area contributed by atoms with Crippen LogP contribution in [-0.2, 0) is 19.1 Å². The number of carbonyl (C=O) groups excluding carboxylic acids is 2. The van der Waals surface area contributed by atoms with Crippen LogP contribution in [0.25, 0.3) is 0 Å². The van der Waals surface area contributed by atoms with Crippen LogP contribution in [-0.4, -0.2) is 25.2 Å². The van der Waals surface area contributed by atoms with Crippen LogP contribution < -0.4 is 0 Å². The van der Waals surface area contributed by atoms with Crippen molar-refractivity contribution in [1.82, 2.24) is 0 Å². The monoisotopic (exact) mass is 294 g/mol. The summed E-state index contributed by atoms with van der Waals surface area (Å²) in [6, 6.07) is 0. The summed E-state index contributed by atoms with van der Waals surface area (Å²) in [5, 5.41) is 0.